The second-order valence-corrected chi connectivity index (χ2v) is 7.42. The number of rotatable bonds is 8. The third-order valence-corrected chi connectivity index (χ3v) is 4.67. The van der Waals surface area contributed by atoms with Crippen LogP contribution in [-0.4, -0.2) is 38.1 Å². The summed E-state index contributed by atoms with van der Waals surface area (Å²) in [5, 5.41) is 0.601. The Morgan fingerprint density at radius 2 is 1.48 bits per heavy atom. The molecular formula is C24H25ClN2O2. The highest BCUT2D eigenvalue weighted by Crippen LogP contribution is 2.29. The summed E-state index contributed by atoms with van der Waals surface area (Å²) in [4.78, 5) is 17.1. The standard InChI is InChI=1S/C24H25ClN2O2/c1-26(2)17-6-18-29-23-15-13-22(14-16-23)27(21-7-4-3-5-8-21)24(28)19-9-11-20(25)12-10-19/h3-5,7-16H,6,17-18H2,1-2H3. The summed E-state index contributed by atoms with van der Waals surface area (Å²) >= 11 is 5.98. The van der Waals surface area contributed by atoms with Gasteiger partial charge in [0.25, 0.3) is 5.91 Å². The smallest absolute Gasteiger partial charge is 0.262 e. The topological polar surface area (TPSA) is 32.8 Å². The zero-order valence-electron chi connectivity index (χ0n) is 16.7. The lowest BCUT2D eigenvalue weighted by atomic mass is 10.1. The van der Waals surface area contributed by atoms with Gasteiger partial charge in [0.05, 0.1) is 6.61 Å². The molecule has 150 valence electrons. The van der Waals surface area contributed by atoms with E-state index in [4.69, 9.17) is 16.3 Å². The van der Waals surface area contributed by atoms with Crippen LogP contribution in [-0.2, 0) is 0 Å². The van der Waals surface area contributed by atoms with Crippen molar-refractivity contribution in [2.24, 2.45) is 0 Å². The van der Waals surface area contributed by atoms with Crippen molar-refractivity contribution in [1.29, 1.82) is 0 Å². The van der Waals surface area contributed by atoms with Crippen LogP contribution in [0.15, 0.2) is 78.9 Å². The van der Waals surface area contributed by atoms with Gasteiger partial charge in [0.2, 0.25) is 0 Å². The van der Waals surface area contributed by atoms with Crippen molar-refractivity contribution in [2.45, 2.75) is 6.42 Å². The number of carbonyl (C=O) groups is 1. The summed E-state index contributed by atoms with van der Waals surface area (Å²) in [5.41, 5.74) is 2.14. The van der Waals surface area contributed by atoms with E-state index >= 15 is 0 Å². The van der Waals surface area contributed by atoms with E-state index in [9.17, 15) is 4.79 Å². The number of amides is 1. The first-order chi connectivity index (χ1) is 14.0. The molecule has 0 spiro atoms. The van der Waals surface area contributed by atoms with E-state index in [1.165, 1.54) is 0 Å². The molecule has 0 unspecified atom stereocenters. The lowest BCUT2D eigenvalue weighted by Gasteiger charge is -2.23. The van der Waals surface area contributed by atoms with Gasteiger partial charge in [-0.25, -0.2) is 0 Å². The molecule has 0 saturated carbocycles. The molecule has 0 aliphatic heterocycles. The molecule has 29 heavy (non-hydrogen) atoms. The van der Waals surface area contributed by atoms with Gasteiger partial charge in [-0.3, -0.25) is 9.69 Å². The Kier molecular flexibility index (Phi) is 7.28. The van der Waals surface area contributed by atoms with Gasteiger partial charge in [-0.1, -0.05) is 29.8 Å². The fourth-order valence-corrected chi connectivity index (χ4v) is 3.07. The molecule has 0 aliphatic rings. The van der Waals surface area contributed by atoms with Gasteiger partial charge >= 0.3 is 0 Å². The second-order valence-electron chi connectivity index (χ2n) is 6.98. The molecule has 0 aliphatic carbocycles. The molecule has 0 bridgehead atoms. The van der Waals surface area contributed by atoms with Gasteiger partial charge in [-0.15, -0.1) is 0 Å². The summed E-state index contributed by atoms with van der Waals surface area (Å²) in [6.45, 7) is 1.64. The predicted octanol–water partition coefficient (Wildman–Crippen LogP) is 5.65. The van der Waals surface area contributed by atoms with Crippen LogP contribution in [0, 0.1) is 0 Å². The van der Waals surface area contributed by atoms with Crippen molar-refractivity contribution in [3.63, 3.8) is 0 Å². The maximum absolute atomic E-state index is 13.3. The molecule has 3 aromatic carbocycles. The van der Waals surface area contributed by atoms with E-state index in [1.807, 2.05) is 68.7 Å². The molecule has 0 radical (unpaired) electrons. The Morgan fingerprint density at radius 1 is 0.862 bits per heavy atom. The highest BCUT2D eigenvalue weighted by molar-refractivity contribution is 6.30. The number of para-hydroxylation sites is 1. The number of carbonyl (C=O) groups excluding carboxylic acids is 1. The van der Waals surface area contributed by atoms with Crippen molar-refractivity contribution in [1.82, 2.24) is 4.90 Å². The Labute approximate surface area is 177 Å². The first-order valence-corrected chi connectivity index (χ1v) is 9.95. The van der Waals surface area contributed by atoms with Crippen molar-refractivity contribution < 1.29 is 9.53 Å². The highest BCUT2D eigenvalue weighted by Gasteiger charge is 2.19. The van der Waals surface area contributed by atoms with Gasteiger partial charge < -0.3 is 9.64 Å². The maximum atomic E-state index is 13.3. The minimum absolute atomic E-state index is 0.118. The summed E-state index contributed by atoms with van der Waals surface area (Å²) in [5.74, 6) is 0.673. The lowest BCUT2D eigenvalue weighted by molar-refractivity contribution is 0.0999. The van der Waals surface area contributed by atoms with Crippen LogP contribution < -0.4 is 9.64 Å². The average molecular weight is 409 g/mol. The number of anilines is 2. The Bertz CT molecular complexity index is 910. The third kappa shape index (κ3) is 5.83. The molecule has 0 atom stereocenters. The monoisotopic (exact) mass is 408 g/mol. The largest absolute Gasteiger partial charge is 0.494 e. The Balaban J connectivity index is 1.81. The van der Waals surface area contributed by atoms with Gasteiger partial charge in [-0.2, -0.15) is 0 Å². The van der Waals surface area contributed by atoms with Crippen molar-refractivity contribution >= 4 is 28.9 Å². The minimum atomic E-state index is -0.118. The fraction of sp³-hybridized carbons (Fsp3) is 0.208. The molecule has 0 N–H and O–H groups in total. The lowest BCUT2D eigenvalue weighted by Crippen LogP contribution is -2.25. The van der Waals surface area contributed by atoms with Gasteiger partial charge in [0, 0.05) is 28.5 Å². The molecule has 1 amide bonds. The van der Waals surface area contributed by atoms with Gasteiger partial charge in [-0.05, 0) is 81.2 Å². The summed E-state index contributed by atoms with van der Waals surface area (Å²) in [7, 11) is 4.09. The van der Waals surface area contributed by atoms with E-state index in [0.29, 0.717) is 17.2 Å². The van der Waals surface area contributed by atoms with E-state index in [0.717, 1.165) is 30.1 Å². The van der Waals surface area contributed by atoms with Crippen LogP contribution in [0.3, 0.4) is 0 Å². The summed E-state index contributed by atoms with van der Waals surface area (Å²) in [6.07, 6.45) is 0.958. The molecule has 3 aromatic rings. The number of halogens is 1. The molecule has 3 rings (SSSR count). The quantitative estimate of drug-likeness (QED) is 0.451. The molecule has 0 aromatic heterocycles. The second kappa shape index (κ2) is 10.1. The molecular weight excluding hydrogens is 384 g/mol. The van der Waals surface area contributed by atoms with E-state index in [1.54, 1.807) is 29.2 Å². The summed E-state index contributed by atoms with van der Waals surface area (Å²) < 4.78 is 5.81. The van der Waals surface area contributed by atoms with Gasteiger partial charge in [0.15, 0.2) is 0 Å². The fourth-order valence-electron chi connectivity index (χ4n) is 2.94. The van der Waals surface area contributed by atoms with Crippen LogP contribution in [0.1, 0.15) is 16.8 Å². The van der Waals surface area contributed by atoms with Crippen molar-refractivity contribution in [3.05, 3.63) is 89.4 Å². The van der Waals surface area contributed by atoms with Gasteiger partial charge in [0.1, 0.15) is 5.75 Å². The number of benzene rings is 3. The molecule has 0 heterocycles. The number of ether oxygens (including phenoxy) is 1. The zero-order chi connectivity index (χ0) is 20.6. The Hall–Kier alpha value is -2.82. The van der Waals surface area contributed by atoms with Crippen LogP contribution >= 0.6 is 11.6 Å². The minimum Gasteiger partial charge on any atom is -0.494 e. The number of hydrogen-bond acceptors (Lipinski definition) is 3. The highest BCUT2D eigenvalue weighted by atomic mass is 35.5. The van der Waals surface area contributed by atoms with E-state index in [-0.39, 0.29) is 5.91 Å². The molecule has 5 heteroatoms. The first kappa shape index (κ1) is 20.9. The maximum Gasteiger partial charge on any atom is 0.262 e. The van der Waals surface area contributed by atoms with Crippen LogP contribution in [0.4, 0.5) is 11.4 Å². The normalized spacial score (nSPS) is 10.8. The molecule has 0 fully saturated rings. The summed E-state index contributed by atoms with van der Waals surface area (Å²) in [6, 6.07) is 24.1. The van der Waals surface area contributed by atoms with Crippen LogP contribution in [0.5, 0.6) is 5.75 Å². The van der Waals surface area contributed by atoms with Crippen LogP contribution in [0.2, 0.25) is 5.02 Å². The predicted molar refractivity (Wildman–Crippen MR) is 119 cm³/mol. The SMILES string of the molecule is CN(C)CCCOc1ccc(N(C(=O)c2ccc(Cl)cc2)c2ccccc2)cc1. The van der Waals surface area contributed by atoms with E-state index in [2.05, 4.69) is 4.90 Å². The van der Waals surface area contributed by atoms with Crippen molar-refractivity contribution in [3.8, 4) is 5.75 Å². The Morgan fingerprint density at radius 3 is 2.10 bits per heavy atom. The molecule has 0 saturated heterocycles. The third-order valence-electron chi connectivity index (χ3n) is 4.42. The first-order valence-electron chi connectivity index (χ1n) is 9.57. The number of hydrogen-bond donors (Lipinski definition) is 0. The average Bonchev–Trinajstić information content (AvgIpc) is 2.73. The number of nitrogens with zero attached hydrogens (tertiary/aromatic N) is 2. The van der Waals surface area contributed by atoms with E-state index < -0.39 is 0 Å². The van der Waals surface area contributed by atoms with Crippen LogP contribution in [0.25, 0.3) is 0 Å². The zero-order valence-corrected chi connectivity index (χ0v) is 17.5. The van der Waals surface area contributed by atoms with Crippen molar-refractivity contribution in [2.75, 3.05) is 32.1 Å². The molecule has 4 nitrogen and oxygen atoms in total.